The van der Waals surface area contributed by atoms with Crippen molar-refractivity contribution in [3.05, 3.63) is 0 Å². The van der Waals surface area contributed by atoms with E-state index in [2.05, 4.69) is 74.6 Å². The van der Waals surface area contributed by atoms with Crippen LogP contribution in [0.15, 0.2) is 0 Å². The van der Waals surface area contributed by atoms with Gasteiger partial charge in [-0.3, -0.25) is 14.5 Å². The monoisotopic (exact) mass is 392 g/mol. The van der Waals surface area contributed by atoms with Gasteiger partial charge in [0.05, 0.1) is 11.8 Å². The Kier molecular flexibility index (Phi) is 6.19. The number of amides is 2. The normalized spacial score (nSPS) is 28.9. The van der Waals surface area contributed by atoms with Crippen molar-refractivity contribution in [3.63, 3.8) is 0 Å². The number of imide groups is 1. The number of likely N-dealkylation sites (tertiary alicyclic amines) is 1. The molecule has 0 bridgehead atoms. The zero-order valence-electron chi connectivity index (χ0n) is 20.0. The number of rotatable bonds is 5. The largest absolute Gasteiger partial charge is 0.307 e. The summed E-state index contributed by atoms with van der Waals surface area (Å²) < 4.78 is 0. The number of carbonyl (C=O) groups excluding carboxylic acids is 2. The molecule has 0 radical (unpaired) electrons. The Balaban J connectivity index is 2.34. The van der Waals surface area contributed by atoms with Crippen molar-refractivity contribution in [1.29, 1.82) is 0 Å². The molecule has 28 heavy (non-hydrogen) atoms. The first-order valence-corrected chi connectivity index (χ1v) is 11.2. The molecule has 2 heterocycles. The van der Waals surface area contributed by atoms with Crippen molar-refractivity contribution < 1.29 is 9.59 Å². The van der Waals surface area contributed by atoms with Gasteiger partial charge in [0.1, 0.15) is 0 Å². The van der Waals surface area contributed by atoms with Crippen LogP contribution in [0.5, 0.6) is 0 Å². The van der Waals surface area contributed by atoms with E-state index in [4.69, 9.17) is 0 Å². The number of hydrogen-bond donors (Lipinski definition) is 1. The summed E-state index contributed by atoms with van der Waals surface area (Å²) >= 11 is 0. The molecular formula is C24H44N2O2. The molecule has 4 heteroatoms. The Labute approximate surface area is 173 Å². The number of piperidine rings is 1. The van der Waals surface area contributed by atoms with Crippen molar-refractivity contribution in [1.82, 2.24) is 10.2 Å². The number of carbonyl (C=O) groups is 2. The fourth-order valence-electron chi connectivity index (χ4n) is 5.55. The van der Waals surface area contributed by atoms with E-state index >= 15 is 0 Å². The summed E-state index contributed by atoms with van der Waals surface area (Å²) in [6.07, 6.45) is 4.51. The summed E-state index contributed by atoms with van der Waals surface area (Å²) in [4.78, 5) is 28.8. The van der Waals surface area contributed by atoms with Gasteiger partial charge in [-0.15, -0.1) is 0 Å². The van der Waals surface area contributed by atoms with Crippen LogP contribution in [0.2, 0.25) is 0 Å². The van der Waals surface area contributed by atoms with Gasteiger partial charge in [0.15, 0.2) is 0 Å². The summed E-state index contributed by atoms with van der Waals surface area (Å²) in [7, 11) is 0. The smallest absolute Gasteiger partial charge is 0.233 e. The third kappa shape index (κ3) is 4.98. The summed E-state index contributed by atoms with van der Waals surface area (Å²) in [6, 6.07) is -0.0136. The molecule has 0 aromatic carbocycles. The van der Waals surface area contributed by atoms with Gasteiger partial charge in [0.25, 0.3) is 0 Å². The van der Waals surface area contributed by atoms with E-state index in [0.29, 0.717) is 0 Å². The second-order valence-electron chi connectivity index (χ2n) is 12.5. The van der Waals surface area contributed by atoms with Crippen LogP contribution in [0.4, 0.5) is 0 Å². The molecule has 2 unspecified atom stereocenters. The minimum Gasteiger partial charge on any atom is -0.307 e. The van der Waals surface area contributed by atoms with Gasteiger partial charge in [-0.05, 0) is 64.2 Å². The van der Waals surface area contributed by atoms with E-state index in [1.807, 2.05) is 0 Å². The van der Waals surface area contributed by atoms with Crippen molar-refractivity contribution in [2.45, 2.75) is 118 Å². The molecule has 2 fully saturated rings. The minimum atomic E-state index is -0.214. The van der Waals surface area contributed by atoms with Crippen LogP contribution in [0.25, 0.3) is 0 Å². The quantitative estimate of drug-likeness (QED) is 0.658. The first-order valence-electron chi connectivity index (χ1n) is 11.2. The molecule has 0 aromatic rings. The van der Waals surface area contributed by atoms with Gasteiger partial charge in [-0.1, -0.05) is 48.0 Å². The van der Waals surface area contributed by atoms with Crippen molar-refractivity contribution >= 4 is 11.8 Å². The Bertz CT molecular complexity index is 597. The molecule has 4 nitrogen and oxygen atoms in total. The third-order valence-electron chi connectivity index (χ3n) is 7.02. The molecule has 2 rings (SSSR count). The van der Waals surface area contributed by atoms with Crippen LogP contribution in [-0.2, 0) is 9.59 Å². The highest BCUT2D eigenvalue weighted by Gasteiger charge is 2.55. The van der Waals surface area contributed by atoms with E-state index in [0.717, 1.165) is 32.1 Å². The highest BCUT2D eigenvalue weighted by atomic mass is 16.2. The zero-order valence-corrected chi connectivity index (χ0v) is 20.0. The van der Waals surface area contributed by atoms with Crippen LogP contribution in [0.1, 0.15) is 101 Å². The van der Waals surface area contributed by atoms with E-state index in [9.17, 15) is 9.59 Å². The van der Waals surface area contributed by atoms with Gasteiger partial charge in [0, 0.05) is 17.1 Å². The van der Waals surface area contributed by atoms with Gasteiger partial charge in [-0.25, -0.2) is 0 Å². The average Bonchev–Trinajstić information content (AvgIpc) is 2.72. The Hall–Kier alpha value is -0.900. The molecule has 2 saturated heterocycles. The van der Waals surface area contributed by atoms with E-state index in [1.165, 1.54) is 0 Å². The molecular weight excluding hydrogens is 348 g/mol. The maximum Gasteiger partial charge on any atom is 0.233 e. The fraction of sp³-hybridized carbons (Fsp3) is 0.917. The van der Waals surface area contributed by atoms with Gasteiger partial charge in [-0.2, -0.15) is 0 Å². The Morgan fingerprint density at radius 3 is 1.89 bits per heavy atom. The molecule has 162 valence electrons. The van der Waals surface area contributed by atoms with E-state index in [-0.39, 0.29) is 51.6 Å². The summed E-state index contributed by atoms with van der Waals surface area (Å²) in [6.45, 7) is 21.8. The van der Waals surface area contributed by atoms with Gasteiger partial charge < -0.3 is 5.32 Å². The van der Waals surface area contributed by atoms with Crippen molar-refractivity contribution in [3.8, 4) is 0 Å². The summed E-state index contributed by atoms with van der Waals surface area (Å²) in [5.41, 5.74) is -0.183. The van der Waals surface area contributed by atoms with Crippen LogP contribution in [-0.4, -0.2) is 33.8 Å². The highest BCUT2D eigenvalue weighted by molar-refractivity contribution is 6.05. The predicted molar refractivity (Wildman–Crippen MR) is 116 cm³/mol. The van der Waals surface area contributed by atoms with Crippen molar-refractivity contribution in [2.75, 3.05) is 0 Å². The molecule has 2 aliphatic heterocycles. The standard InChI is InChI=1S/C24H44N2O2/c1-11-22(5,6)13-12-17-18(21(2,3)4)20(28)26(19(17)27)16-14-23(7,8)25-24(9,10)15-16/h16-18,25H,11-15H2,1-10H3. The van der Waals surface area contributed by atoms with Gasteiger partial charge in [0.2, 0.25) is 11.8 Å². The lowest BCUT2D eigenvalue weighted by Crippen LogP contribution is -2.63. The highest BCUT2D eigenvalue weighted by Crippen LogP contribution is 2.46. The maximum absolute atomic E-state index is 13.6. The van der Waals surface area contributed by atoms with Crippen LogP contribution in [0.3, 0.4) is 0 Å². The molecule has 0 aliphatic carbocycles. The molecule has 2 aliphatic rings. The molecule has 0 aromatic heterocycles. The lowest BCUT2D eigenvalue weighted by molar-refractivity contribution is -0.145. The number of nitrogens with one attached hydrogen (secondary N) is 1. The van der Waals surface area contributed by atoms with Crippen LogP contribution < -0.4 is 5.32 Å². The molecule has 2 amide bonds. The SMILES string of the molecule is CCC(C)(C)CCC1C(=O)N(C2CC(C)(C)NC(C)(C)C2)C(=O)C1C(C)(C)C. The average molecular weight is 393 g/mol. The molecule has 0 spiro atoms. The molecule has 2 atom stereocenters. The lowest BCUT2D eigenvalue weighted by atomic mass is 9.71. The molecule has 1 N–H and O–H groups in total. The second-order valence-corrected chi connectivity index (χ2v) is 12.5. The molecule has 0 saturated carbocycles. The number of nitrogens with zero attached hydrogens (tertiary/aromatic N) is 1. The zero-order chi connectivity index (χ0) is 21.7. The lowest BCUT2D eigenvalue weighted by Gasteiger charge is -2.48. The van der Waals surface area contributed by atoms with Gasteiger partial charge >= 0.3 is 0 Å². The van der Waals surface area contributed by atoms with Crippen molar-refractivity contribution in [2.24, 2.45) is 22.7 Å². The summed E-state index contributed by atoms with van der Waals surface area (Å²) in [5, 5.41) is 3.67. The fourth-order valence-corrected chi connectivity index (χ4v) is 5.55. The van der Waals surface area contributed by atoms with Crippen LogP contribution >= 0.6 is 0 Å². The predicted octanol–water partition coefficient (Wildman–Crippen LogP) is 5.16. The maximum atomic E-state index is 13.6. The Morgan fingerprint density at radius 1 is 0.964 bits per heavy atom. The second kappa shape index (κ2) is 7.41. The third-order valence-corrected chi connectivity index (χ3v) is 7.02. The first-order chi connectivity index (χ1) is 12.5. The summed E-state index contributed by atoms with van der Waals surface area (Å²) in [5.74, 6) is -0.251. The first kappa shape index (κ1) is 23.4. The van der Waals surface area contributed by atoms with E-state index in [1.54, 1.807) is 4.90 Å². The van der Waals surface area contributed by atoms with E-state index < -0.39 is 0 Å². The Morgan fingerprint density at radius 2 is 1.46 bits per heavy atom. The minimum absolute atomic E-state index is 0.0136. The topological polar surface area (TPSA) is 49.4 Å². The number of hydrogen-bond acceptors (Lipinski definition) is 3. The van der Waals surface area contributed by atoms with Crippen LogP contribution in [0, 0.1) is 22.7 Å².